The smallest absolute Gasteiger partial charge is 0.0587 e. The predicted molar refractivity (Wildman–Crippen MR) is 58.1 cm³/mol. The predicted octanol–water partition coefficient (Wildman–Crippen LogP) is 2.44. The molecule has 1 N–H and O–H groups in total. The van der Waals surface area contributed by atoms with E-state index in [2.05, 4.69) is 26.1 Å². The minimum atomic E-state index is 0.475. The van der Waals surface area contributed by atoms with Gasteiger partial charge in [0.15, 0.2) is 0 Å². The summed E-state index contributed by atoms with van der Waals surface area (Å²) >= 11 is 0. The van der Waals surface area contributed by atoms with Crippen molar-refractivity contribution in [2.45, 2.75) is 40.0 Å². The van der Waals surface area contributed by atoms with E-state index in [9.17, 15) is 0 Å². The van der Waals surface area contributed by atoms with Crippen molar-refractivity contribution in [1.82, 2.24) is 5.32 Å². The van der Waals surface area contributed by atoms with Crippen LogP contribution in [0.25, 0.3) is 0 Å². The summed E-state index contributed by atoms with van der Waals surface area (Å²) in [7, 11) is 1.74. The first-order valence-electron chi connectivity index (χ1n) is 5.38. The lowest BCUT2D eigenvalue weighted by Gasteiger charge is -2.28. The minimum absolute atomic E-state index is 0.475. The zero-order chi connectivity index (χ0) is 10.2. The van der Waals surface area contributed by atoms with Gasteiger partial charge in [-0.15, -0.1) is 0 Å². The SMILES string of the molecule is CCCC(C)(CC)CNCCOC. The van der Waals surface area contributed by atoms with E-state index in [1.807, 2.05) is 0 Å². The van der Waals surface area contributed by atoms with Crippen molar-refractivity contribution in [3.05, 3.63) is 0 Å². The fourth-order valence-corrected chi connectivity index (χ4v) is 1.56. The van der Waals surface area contributed by atoms with Crippen molar-refractivity contribution >= 4 is 0 Å². The lowest BCUT2D eigenvalue weighted by Crippen LogP contribution is -2.33. The summed E-state index contributed by atoms with van der Waals surface area (Å²) in [4.78, 5) is 0. The Morgan fingerprint density at radius 2 is 2.00 bits per heavy atom. The summed E-state index contributed by atoms with van der Waals surface area (Å²) < 4.78 is 4.99. The van der Waals surface area contributed by atoms with Crippen molar-refractivity contribution in [1.29, 1.82) is 0 Å². The van der Waals surface area contributed by atoms with E-state index in [-0.39, 0.29) is 0 Å². The third-order valence-corrected chi connectivity index (χ3v) is 2.74. The van der Waals surface area contributed by atoms with Crippen LogP contribution in [0.3, 0.4) is 0 Å². The van der Waals surface area contributed by atoms with Crippen LogP contribution in [0.15, 0.2) is 0 Å². The maximum absolute atomic E-state index is 4.99. The lowest BCUT2D eigenvalue weighted by molar-refractivity contribution is 0.189. The van der Waals surface area contributed by atoms with Gasteiger partial charge in [-0.1, -0.05) is 27.2 Å². The first-order chi connectivity index (χ1) is 6.18. The normalized spacial score (nSPS) is 15.7. The molecule has 0 heterocycles. The third-order valence-electron chi connectivity index (χ3n) is 2.74. The Hall–Kier alpha value is -0.0800. The molecule has 0 bridgehead atoms. The first kappa shape index (κ1) is 12.9. The van der Waals surface area contributed by atoms with Crippen LogP contribution in [0.4, 0.5) is 0 Å². The highest BCUT2D eigenvalue weighted by Crippen LogP contribution is 2.25. The molecule has 0 aliphatic carbocycles. The van der Waals surface area contributed by atoms with Gasteiger partial charge in [-0.2, -0.15) is 0 Å². The number of nitrogens with one attached hydrogen (secondary N) is 1. The fourth-order valence-electron chi connectivity index (χ4n) is 1.56. The van der Waals surface area contributed by atoms with Gasteiger partial charge in [-0.05, 0) is 18.3 Å². The largest absolute Gasteiger partial charge is 0.383 e. The average molecular weight is 187 g/mol. The molecule has 0 aliphatic rings. The van der Waals surface area contributed by atoms with E-state index >= 15 is 0 Å². The maximum Gasteiger partial charge on any atom is 0.0587 e. The minimum Gasteiger partial charge on any atom is -0.383 e. The van der Waals surface area contributed by atoms with Crippen molar-refractivity contribution in [2.24, 2.45) is 5.41 Å². The number of methoxy groups -OCH3 is 1. The summed E-state index contributed by atoms with van der Waals surface area (Å²) in [6, 6.07) is 0. The summed E-state index contributed by atoms with van der Waals surface area (Å²) in [5.74, 6) is 0. The van der Waals surface area contributed by atoms with Gasteiger partial charge in [0.2, 0.25) is 0 Å². The Bertz CT molecular complexity index is 117. The summed E-state index contributed by atoms with van der Waals surface area (Å²) in [5.41, 5.74) is 0.475. The monoisotopic (exact) mass is 187 g/mol. The Morgan fingerprint density at radius 3 is 2.46 bits per heavy atom. The van der Waals surface area contributed by atoms with Gasteiger partial charge in [0, 0.05) is 20.2 Å². The second kappa shape index (κ2) is 7.34. The zero-order valence-electron chi connectivity index (χ0n) is 9.65. The molecule has 1 unspecified atom stereocenters. The van der Waals surface area contributed by atoms with Crippen molar-refractivity contribution in [3.63, 3.8) is 0 Å². The van der Waals surface area contributed by atoms with E-state index in [1.54, 1.807) is 7.11 Å². The fraction of sp³-hybridized carbons (Fsp3) is 1.00. The first-order valence-corrected chi connectivity index (χ1v) is 5.38. The topological polar surface area (TPSA) is 21.3 Å². The van der Waals surface area contributed by atoms with Crippen molar-refractivity contribution in [2.75, 3.05) is 26.8 Å². The molecule has 1 atom stereocenters. The summed E-state index contributed by atoms with van der Waals surface area (Å²) in [6.07, 6.45) is 3.83. The average Bonchev–Trinajstić information content (AvgIpc) is 2.13. The van der Waals surface area contributed by atoms with Gasteiger partial charge in [-0.3, -0.25) is 0 Å². The highest BCUT2D eigenvalue weighted by atomic mass is 16.5. The molecule has 13 heavy (non-hydrogen) atoms. The molecule has 0 aromatic rings. The van der Waals surface area contributed by atoms with Crippen LogP contribution in [0.2, 0.25) is 0 Å². The molecule has 0 saturated carbocycles. The third kappa shape index (κ3) is 6.05. The number of ether oxygens (including phenoxy) is 1. The maximum atomic E-state index is 4.99. The van der Waals surface area contributed by atoms with Crippen LogP contribution < -0.4 is 5.32 Å². The van der Waals surface area contributed by atoms with Gasteiger partial charge in [-0.25, -0.2) is 0 Å². The van der Waals surface area contributed by atoms with E-state index in [4.69, 9.17) is 4.74 Å². The zero-order valence-corrected chi connectivity index (χ0v) is 9.65. The molecule has 0 rings (SSSR count). The molecule has 0 aliphatic heterocycles. The second-order valence-electron chi connectivity index (χ2n) is 4.08. The van der Waals surface area contributed by atoms with Gasteiger partial charge in [0.25, 0.3) is 0 Å². The number of hydrogen-bond donors (Lipinski definition) is 1. The van der Waals surface area contributed by atoms with Gasteiger partial charge < -0.3 is 10.1 Å². The van der Waals surface area contributed by atoms with Gasteiger partial charge in [0.05, 0.1) is 6.61 Å². The second-order valence-corrected chi connectivity index (χ2v) is 4.08. The number of rotatable bonds is 8. The molecule has 0 saturated heterocycles. The van der Waals surface area contributed by atoms with Crippen LogP contribution in [0.1, 0.15) is 40.0 Å². The van der Waals surface area contributed by atoms with Crippen LogP contribution >= 0.6 is 0 Å². The molecule has 0 spiro atoms. The van der Waals surface area contributed by atoms with Gasteiger partial charge >= 0.3 is 0 Å². The lowest BCUT2D eigenvalue weighted by atomic mass is 9.83. The van der Waals surface area contributed by atoms with Gasteiger partial charge in [0.1, 0.15) is 0 Å². The number of hydrogen-bond acceptors (Lipinski definition) is 2. The van der Waals surface area contributed by atoms with Crippen molar-refractivity contribution in [3.8, 4) is 0 Å². The molecule has 0 fully saturated rings. The molecular formula is C11H25NO. The van der Waals surface area contributed by atoms with Crippen LogP contribution in [-0.4, -0.2) is 26.8 Å². The van der Waals surface area contributed by atoms with Crippen LogP contribution in [0.5, 0.6) is 0 Å². The highest BCUT2D eigenvalue weighted by molar-refractivity contribution is 4.74. The molecule has 2 heteroatoms. The Labute approximate surface area is 83.1 Å². The molecule has 0 aromatic carbocycles. The highest BCUT2D eigenvalue weighted by Gasteiger charge is 2.19. The molecular weight excluding hydrogens is 162 g/mol. The summed E-state index contributed by atoms with van der Waals surface area (Å²) in [6.45, 7) is 9.77. The Kier molecular flexibility index (Phi) is 7.29. The standard InChI is InChI=1S/C11H25NO/c1-5-7-11(3,6-2)10-12-8-9-13-4/h12H,5-10H2,1-4H3. The van der Waals surface area contributed by atoms with E-state index in [0.29, 0.717) is 5.41 Å². The van der Waals surface area contributed by atoms with E-state index < -0.39 is 0 Å². The molecule has 0 amide bonds. The van der Waals surface area contributed by atoms with Crippen LogP contribution in [0, 0.1) is 5.41 Å². The molecule has 0 radical (unpaired) electrons. The molecule has 0 aromatic heterocycles. The quantitative estimate of drug-likeness (QED) is 0.589. The van der Waals surface area contributed by atoms with E-state index in [1.165, 1.54) is 19.3 Å². The molecule has 80 valence electrons. The summed E-state index contributed by atoms with van der Waals surface area (Å²) in [5, 5.41) is 3.44. The van der Waals surface area contributed by atoms with E-state index in [0.717, 1.165) is 19.7 Å². The Morgan fingerprint density at radius 1 is 1.31 bits per heavy atom. The molecule has 2 nitrogen and oxygen atoms in total. The van der Waals surface area contributed by atoms with Crippen molar-refractivity contribution < 1.29 is 4.74 Å². The Balaban J connectivity index is 3.57. The van der Waals surface area contributed by atoms with Crippen LogP contribution in [-0.2, 0) is 4.74 Å².